The summed E-state index contributed by atoms with van der Waals surface area (Å²) < 4.78 is 68.4. The van der Waals surface area contributed by atoms with Crippen LogP contribution in [-0.4, -0.2) is 29.3 Å². The number of aromatic nitrogens is 1. The van der Waals surface area contributed by atoms with Gasteiger partial charge in [-0.2, -0.15) is 22.0 Å². The quantitative estimate of drug-likeness (QED) is 0.510. The van der Waals surface area contributed by atoms with Crippen LogP contribution in [0.2, 0.25) is 0 Å². The number of nitrogens with zero attached hydrogens (tertiary/aromatic N) is 2. The molecule has 0 spiro atoms. The van der Waals surface area contributed by atoms with E-state index in [1.54, 1.807) is 6.92 Å². The Morgan fingerprint density at radius 2 is 1.51 bits per heavy atom. The molecule has 2 aromatic carbocycles. The first-order chi connectivity index (χ1) is 16.3. The van der Waals surface area contributed by atoms with Crippen LogP contribution in [-0.2, 0) is 12.1 Å². The number of alkyl halides is 5. The molecule has 3 aromatic rings. The van der Waals surface area contributed by atoms with E-state index in [1.165, 1.54) is 34.9 Å². The molecule has 1 amide bonds. The second-order valence-corrected chi connectivity index (χ2v) is 8.23. The summed E-state index contributed by atoms with van der Waals surface area (Å²) in [7, 11) is 0. The van der Waals surface area contributed by atoms with Gasteiger partial charge < -0.3 is 15.0 Å². The van der Waals surface area contributed by atoms with Gasteiger partial charge in [0.15, 0.2) is 0 Å². The molecule has 2 N–H and O–H groups in total. The zero-order valence-corrected chi connectivity index (χ0v) is 18.6. The van der Waals surface area contributed by atoms with Crippen molar-refractivity contribution in [2.24, 2.45) is 0 Å². The van der Waals surface area contributed by atoms with Crippen molar-refractivity contribution in [1.82, 2.24) is 4.98 Å². The number of hydrogen-bond acceptors (Lipinski definition) is 4. The highest BCUT2D eigenvalue weighted by molar-refractivity contribution is 6.12. The van der Waals surface area contributed by atoms with Crippen LogP contribution in [0.5, 0.6) is 0 Å². The van der Waals surface area contributed by atoms with E-state index in [0.717, 1.165) is 30.3 Å². The lowest BCUT2D eigenvalue weighted by Crippen LogP contribution is -2.45. The first-order valence-electron chi connectivity index (χ1n) is 10.4. The van der Waals surface area contributed by atoms with Crippen molar-refractivity contribution in [1.29, 1.82) is 0 Å². The molecule has 0 radical (unpaired) electrons. The number of aliphatic hydroxyl groups excluding tert-OH is 1. The van der Waals surface area contributed by atoms with Crippen LogP contribution in [0, 0.1) is 13.8 Å². The lowest BCUT2D eigenvalue weighted by molar-refractivity contribution is -0.137. The van der Waals surface area contributed by atoms with Crippen molar-refractivity contribution in [3.63, 3.8) is 0 Å². The predicted molar refractivity (Wildman–Crippen MR) is 119 cm³/mol. The van der Waals surface area contributed by atoms with Gasteiger partial charge in [0.25, 0.3) is 11.8 Å². The van der Waals surface area contributed by atoms with Crippen molar-refractivity contribution < 1.29 is 31.9 Å². The molecule has 184 valence electrons. The van der Waals surface area contributed by atoms with Crippen LogP contribution >= 0.6 is 0 Å². The van der Waals surface area contributed by atoms with E-state index in [-0.39, 0.29) is 23.5 Å². The number of pyridine rings is 1. The SMILES string of the molecule is Cc1cc(C(F)(F)CO)ccc1N1CN(c2ccc(=O)[nH]c2C)C(=O)c2ccc(C(F)(F)F)cc21. The summed E-state index contributed by atoms with van der Waals surface area (Å²) in [5, 5.41) is 8.99. The Hall–Kier alpha value is -3.73. The Bertz CT molecular complexity index is 1370. The third-order valence-corrected chi connectivity index (χ3v) is 5.86. The fraction of sp³-hybridized carbons (Fsp3) is 0.250. The zero-order chi connectivity index (χ0) is 25.7. The summed E-state index contributed by atoms with van der Waals surface area (Å²) >= 11 is 0. The van der Waals surface area contributed by atoms with E-state index >= 15 is 0 Å². The van der Waals surface area contributed by atoms with Crippen molar-refractivity contribution >= 4 is 23.0 Å². The van der Waals surface area contributed by atoms with Crippen LogP contribution in [0.15, 0.2) is 53.3 Å². The number of aromatic amines is 1. The summed E-state index contributed by atoms with van der Waals surface area (Å²) in [6.07, 6.45) is -4.67. The van der Waals surface area contributed by atoms with Crippen LogP contribution in [0.3, 0.4) is 0 Å². The molecule has 0 atom stereocenters. The van der Waals surface area contributed by atoms with Gasteiger partial charge >= 0.3 is 6.18 Å². The summed E-state index contributed by atoms with van der Waals surface area (Å²) in [5.41, 5.74) is -0.571. The summed E-state index contributed by atoms with van der Waals surface area (Å²) in [6.45, 7) is 1.44. The first kappa shape index (κ1) is 24.4. The van der Waals surface area contributed by atoms with E-state index in [2.05, 4.69) is 4.98 Å². The zero-order valence-electron chi connectivity index (χ0n) is 18.6. The topological polar surface area (TPSA) is 76.6 Å². The number of aliphatic hydroxyl groups is 1. The molecule has 0 bridgehead atoms. The number of benzene rings is 2. The van der Waals surface area contributed by atoms with E-state index in [1.807, 2.05) is 0 Å². The number of aryl methyl sites for hydroxylation is 2. The maximum Gasteiger partial charge on any atom is 0.416 e. The van der Waals surface area contributed by atoms with Crippen LogP contribution in [0.1, 0.15) is 32.7 Å². The molecular formula is C24H20F5N3O3. The number of halogens is 5. The fourth-order valence-electron chi connectivity index (χ4n) is 4.07. The molecular weight excluding hydrogens is 473 g/mol. The highest BCUT2D eigenvalue weighted by Gasteiger charge is 2.37. The van der Waals surface area contributed by atoms with Gasteiger partial charge in [0, 0.05) is 23.0 Å². The Morgan fingerprint density at radius 3 is 2.11 bits per heavy atom. The average molecular weight is 493 g/mol. The van der Waals surface area contributed by atoms with Crippen molar-refractivity contribution in [3.05, 3.63) is 86.8 Å². The minimum absolute atomic E-state index is 0.0287. The number of carbonyl (C=O) groups is 1. The second-order valence-electron chi connectivity index (χ2n) is 8.23. The summed E-state index contributed by atoms with van der Waals surface area (Å²) in [6, 6.07) is 8.91. The maximum absolute atomic E-state index is 14.0. The van der Waals surface area contributed by atoms with Gasteiger partial charge in [-0.05, 0) is 55.8 Å². The number of anilines is 3. The standard InChI is InChI=1S/C24H20F5N3O3/c1-13-9-15(23(25,26)11-33)4-6-18(13)31-12-32(19-7-8-21(34)30-14(19)2)22(35)17-5-3-16(10-20(17)31)24(27,28)29/h3-10,33H,11-12H2,1-2H3,(H,30,34). The Labute approximate surface area is 196 Å². The largest absolute Gasteiger partial charge is 0.416 e. The third-order valence-electron chi connectivity index (χ3n) is 5.86. The molecule has 0 saturated heterocycles. The van der Waals surface area contributed by atoms with Crippen molar-refractivity contribution in [2.75, 3.05) is 23.1 Å². The van der Waals surface area contributed by atoms with E-state index in [4.69, 9.17) is 5.11 Å². The molecule has 6 nitrogen and oxygen atoms in total. The van der Waals surface area contributed by atoms with Gasteiger partial charge in [-0.25, -0.2) is 0 Å². The van der Waals surface area contributed by atoms with Crippen molar-refractivity contribution in [2.45, 2.75) is 25.9 Å². The van der Waals surface area contributed by atoms with Crippen molar-refractivity contribution in [3.8, 4) is 0 Å². The number of nitrogens with one attached hydrogen (secondary N) is 1. The van der Waals surface area contributed by atoms with Crippen LogP contribution in [0.25, 0.3) is 0 Å². The summed E-state index contributed by atoms with van der Waals surface area (Å²) in [4.78, 5) is 30.2. The molecule has 1 aliphatic heterocycles. The molecule has 0 unspecified atom stereocenters. The first-order valence-corrected chi connectivity index (χ1v) is 10.4. The smallest absolute Gasteiger partial charge is 0.390 e. The molecule has 0 saturated carbocycles. The molecule has 35 heavy (non-hydrogen) atoms. The van der Waals surface area contributed by atoms with Gasteiger partial charge in [-0.15, -0.1) is 0 Å². The highest BCUT2D eigenvalue weighted by Crippen LogP contribution is 2.41. The monoisotopic (exact) mass is 493 g/mol. The van der Waals surface area contributed by atoms with Crippen LogP contribution < -0.4 is 15.4 Å². The average Bonchev–Trinajstić information content (AvgIpc) is 2.79. The Balaban J connectivity index is 1.90. The number of H-pyrrole nitrogens is 1. The number of rotatable bonds is 4. The lowest BCUT2D eigenvalue weighted by atomic mass is 10.00. The molecule has 0 aliphatic carbocycles. The molecule has 4 rings (SSSR count). The lowest BCUT2D eigenvalue weighted by Gasteiger charge is -2.39. The predicted octanol–water partition coefficient (Wildman–Crippen LogP) is 4.85. The summed E-state index contributed by atoms with van der Waals surface area (Å²) in [5.74, 6) is -4.08. The van der Waals surface area contributed by atoms with Gasteiger partial charge in [0.2, 0.25) is 5.56 Å². The normalized spacial score (nSPS) is 14.3. The number of carbonyl (C=O) groups excluding carboxylic acids is 1. The Morgan fingerprint density at radius 1 is 0.857 bits per heavy atom. The second kappa shape index (κ2) is 8.49. The van der Waals surface area contributed by atoms with Gasteiger partial charge in [-0.1, -0.05) is 6.07 Å². The molecule has 0 fully saturated rings. The third kappa shape index (κ3) is 4.39. The molecule has 1 aliphatic rings. The highest BCUT2D eigenvalue weighted by atomic mass is 19.4. The maximum atomic E-state index is 14.0. The molecule has 2 heterocycles. The Kier molecular flexibility index (Phi) is 5.92. The molecule has 11 heteroatoms. The van der Waals surface area contributed by atoms with E-state index in [0.29, 0.717) is 22.6 Å². The van der Waals surface area contributed by atoms with E-state index in [9.17, 15) is 31.5 Å². The fourth-order valence-corrected chi connectivity index (χ4v) is 4.07. The minimum atomic E-state index is -4.67. The van der Waals surface area contributed by atoms with Gasteiger partial charge in [0.05, 0.1) is 22.5 Å². The van der Waals surface area contributed by atoms with Gasteiger partial charge in [-0.3, -0.25) is 14.5 Å². The molecule has 1 aromatic heterocycles. The van der Waals surface area contributed by atoms with Crippen LogP contribution in [0.4, 0.5) is 39.0 Å². The van der Waals surface area contributed by atoms with E-state index < -0.39 is 35.7 Å². The van der Waals surface area contributed by atoms with Gasteiger partial charge in [0.1, 0.15) is 13.3 Å². The number of hydrogen-bond donors (Lipinski definition) is 2. The minimum Gasteiger partial charge on any atom is -0.390 e. The number of amides is 1. The number of fused-ring (bicyclic) bond motifs is 1.